The summed E-state index contributed by atoms with van der Waals surface area (Å²) in [5.41, 5.74) is 6.94. The van der Waals surface area contributed by atoms with E-state index in [9.17, 15) is 4.79 Å². The van der Waals surface area contributed by atoms with E-state index >= 15 is 0 Å². The zero-order chi connectivity index (χ0) is 15.1. The van der Waals surface area contributed by atoms with Crippen LogP contribution in [0.2, 0.25) is 5.02 Å². The van der Waals surface area contributed by atoms with Gasteiger partial charge in [0.1, 0.15) is 0 Å². The molecule has 3 N–H and O–H groups in total. The van der Waals surface area contributed by atoms with Gasteiger partial charge in [0.2, 0.25) is 5.91 Å². The van der Waals surface area contributed by atoms with Crippen molar-refractivity contribution in [3.8, 4) is 0 Å². The first kappa shape index (κ1) is 17.0. The average molecular weight is 298 g/mol. The molecule has 0 bridgehead atoms. The number of nitrogens with zero attached hydrogens (tertiary/aromatic N) is 1. The average Bonchev–Trinajstić information content (AvgIpc) is 2.43. The van der Waals surface area contributed by atoms with Crippen molar-refractivity contribution >= 4 is 17.5 Å². The van der Waals surface area contributed by atoms with E-state index in [-0.39, 0.29) is 18.0 Å². The van der Waals surface area contributed by atoms with E-state index < -0.39 is 0 Å². The van der Waals surface area contributed by atoms with E-state index in [1.807, 2.05) is 38.2 Å². The third-order valence-electron chi connectivity index (χ3n) is 3.58. The fraction of sp³-hybridized carbons (Fsp3) is 0.533. The topological polar surface area (TPSA) is 58.4 Å². The zero-order valence-corrected chi connectivity index (χ0v) is 13.2. The smallest absolute Gasteiger partial charge is 0.221 e. The summed E-state index contributed by atoms with van der Waals surface area (Å²) in [5.74, 6) is 0.0353. The van der Waals surface area contributed by atoms with Crippen molar-refractivity contribution in [3.05, 3.63) is 34.9 Å². The SMILES string of the molecule is CCNC(=O)CC(CN)N(C)C(C)c1cccc(Cl)c1. The molecule has 1 aromatic carbocycles. The molecule has 2 unspecified atom stereocenters. The minimum absolute atomic E-state index is 0.00975. The Morgan fingerprint density at radius 1 is 1.50 bits per heavy atom. The molecule has 0 aliphatic rings. The second-order valence-electron chi connectivity index (χ2n) is 4.94. The third-order valence-corrected chi connectivity index (χ3v) is 3.82. The molecule has 0 aliphatic heterocycles. The molecular weight excluding hydrogens is 274 g/mol. The highest BCUT2D eigenvalue weighted by molar-refractivity contribution is 6.30. The molecule has 20 heavy (non-hydrogen) atoms. The van der Waals surface area contributed by atoms with E-state index in [4.69, 9.17) is 17.3 Å². The molecule has 1 aromatic rings. The van der Waals surface area contributed by atoms with Crippen molar-refractivity contribution in [1.82, 2.24) is 10.2 Å². The fourth-order valence-corrected chi connectivity index (χ4v) is 2.39. The summed E-state index contributed by atoms with van der Waals surface area (Å²) in [4.78, 5) is 13.8. The van der Waals surface area contributed by atoms with Gasteiger partial charge >= 0.3 is 0 Å². The number of hydrogen-bond acceptors (Lipinski definition) is 3. The van der Waals surface area contributed by atoms with Gasteiger partial charge in [0.05, 0.1) is 0 Å². The van der Waals surface area contributed by atoms with Crippen molar-refractivity contribution in [2.45, 2.75) is 32.4 Å². The maximum atomic E-state index is 11.7. The Morgan fingerprint density at radius 3 is 2.75 bits per heavy atom. The Kier molecular flexibility index (Phi) is 6.99. The van der Waals surface area contributed by atoms with Crippen LogP contribution in [0.3, 0.4) is 0 Å². The molecule has 0 spiro atoms. The van der Waals surface area contributed by atoms with Crippen LogP contribution in [0.25, 0.3) is 0 Å². The molecule has 0 saturated carbocycles. The Balaban J connectivity index is 2.74. The number of hydrogen-bond donors (Lipinski definition) is 2. The molecule has 0 aliphatic carbocycles. The minimum atomic E-state index is 0.00975. The second-order valence-corrected chi connectivity index (χ2v) is 5.38. The Bertz CT molecular complexity index is 439. The van der Waals surface area contributed by atoms with E-state index in [1.165, 1.54) is 0 Å². The first-order valence-corrected chi connectivity index (χ1v) is 7.31. The molecule has 5 heteroatoms. The van der Waals surface area contributed by atoms with Crippen LogP contribution in [-0.4, -0.2) is 37.0 Å². The van der Waals surface area contributed by atoms with E-state index in [1.54, 1.807) is 0 Å². The minimum Gasteiger partial charge on any atom is -0.356 e. The number of carbonyl (C=O) groups is 1. The summed E-state index contributed by atoms with van der Waals surface area (Å²) >= 11 is 6.03. The maximum Gasteiger partial charge on any atom is 0.221 e. The number of amides is 1. The standard InChI is InChI=1S/C15H24ClN3O/c1-4-18-15(20)9-14(10-17)19(3)11(2)12-6-5-7-13(16)8-12/h5-8,11,14H,4,9-10,17H2,1-3H3,(H,18,20). The van der Waals surface area contributed by atoms with Gasteiger partial charge in [-0.2, -0.15) is 0 Å². The number of nitrogens with one attached hydrogen (secondary N) is 1. The monoisotopic (exact) mass is 297 g/mol. The van der Waals surface area contributed by atoms with Gasteiger partial charge in [-0.05, 0) is 38.6 Å². The first-order valence-electron chi connectivity index (χ1n) is 6.93. The highest BCUT2D eigenvalue weighted by atomic mass is 35.5. The maximum absolute atomic E-state index is 11.7. The van der Waals surface area contributed by atoms with Gasteiger partial charge in [0.15, 0.2) is 0 Å². The van der Waals surface area contributed by atoms with Crippen LogP contribution in [0.5, 0.6) is 0 Å². The van der Waals surface area contributed by atoms with E-state index in [2.05, 4.69) is 17.1 Å². The summed E-state index contributed by atoms with van der Waals surface area (Å²) in [6.45, 7) is 5.09. The highest BCUT2D eigenvalue weighted by Gasteiger charge is 2.22. The van der Waals surface area contributed by atoms with Gasteiger partial charge in [-0.3, -0.25) is 9.69 Å². The van der Waals surface area contributed by atoms with Crippen LogP contribution >= 0.6 is 11.6 Å². The van der Waals surface area contributed by atoms with Gasteiger partial charge < -0.3 is 11.1 Å². The lowest BCUT2D eigenvalue weighted by molar-refractivity contribution is -0.122. The second kappa shape index (κ2) is 8.25. The summed E-state index contributed by atoms with van der Waals surface area (Å²) in [6, 6.07) is 7.93. The lowest BCUT2D eigenvalue weighted by Gasteiger charge is -2.32. The fourth-order valence-electron chi connectivity index (χ4n) is 2.19. The van der Waals surface area contributed by atoms with Crippen molar-refractivity contribution in [2.24, 2.45) is 5.73 Å². The molecule has 0 saturated heterocycles. The van der Waals surface area contributed by atoms with Crippen molar-refractivity contribution in [2.75, 3.05) is 20.1 Å². The third kappa shape index (κ3) is 4.78. The van der Waals surface area contributed by atoms with Gasteiger partial charge in [-0.1, -0.05) is 23.7 Å². The molecule has 0 heterocycles. The molecule has 0 aromatic heterocycles. The Hall–Kier alpha value is -1.10. The van der Waals surface area contributed by atoms with Crippen LogP contribution < -0.4 is 11.1 Å². The summed E-state index contributed by atoms with van der Waals surface area (Å²) < 4.78 is 0. The van der Waals surface area contributed by atoms with Crippen LogP contribution in [0, 0.1) is 0 Å². The predicted molar refractivity (Wildman–Crippen MR) is 83.8 cm³/mol. The number of benzene rings is 1. The van der Waals surface area contributed by atoms with Crippen molar-refractivity contribution in [3.63, 3.8) is 0 Å². The van der Waals surface area contributed by atoms with Gasteiger partial charge in [0, 0.05) is 36.6 Å². The molecule has 2 atom stereocenters. The first-order chi connectivity index (χ1) is 9.49. The van der Waals surface area contributed by atoms with Crippen LogP contribution in [0.1, 0.15) is 31.9 Å². The van der Waals surface area contributed by atoms with Crippen molar-refractivity contribution in [1.29, 1.82) is 0 Å². The lowest BCUT2D eigenvalue weighted by atomic mass is 10.0. The van der Waals surface area contributed by atoms with E-state index in [0.717, 1.165) is 10.6 Å². The Labute approximate surface area is 126 Å². The normalized spacial score (nSPS) is 14.1. The molecule has 4 nitrogen and oxygen atoms in total. The molecule has 0 radical (unpaired) electrons. The molecule has 0 fully saturated rings. The number of nitrogens with two attached hydrogens (primary N) is 1. The molecule has 1 rings (SSSR count). The summed E-state index contributed by atoms with van der Waals surface area (Å²) in [6.07, 6.45) is 0.408. The number of carbonyl (C=O) groups excluding carboxylic acids is 1. The highest BCUT2D eigenvalue weighted by Crippen LogP contribution is 2.24. The van der Waals surface area contributed by atoms with Gasteiger partial charge in [-0.15, -0.1) is 0 Å². The number of rotatable bonds is 7. The zero-order valence-electron chi connectivity index (χ0n) is 12.4. The van der Waals surface area contributed by atoms with Crippen LogP contribution in [-0.2, 0) is 4.79 Å². The molecule has 1 amide bonds. The number of likely N-dealkylation sites (N-methyl/N-ethyl adjacent to an activating group) is 1. The number of halogens is 1. The molecular formula is C15H24ClN3O. The van der Waals surface area contributed by atoms with Crippen LogP contribution in [0.15, 0.2) is 24.3 Å². The largest absolute Gasteiger partial charge is 0.356 e. The summed E-state index contributed by atoms with van der Waals surface area (Å²) in [7, 11) is 1.99. The predicted octanol–water partition coefficient (Wildman–Crippen LogP) is 2.19. The van der Waals surface area contributed by atoms with E-state index in [0.29, 0.717) is 19.5 Å². The Morgan fingerprint density at radius 2 is 2.20 bits per heavy atom. The summed E-state index contributed by atoms with van der Waals surface area (Å²) in [5, 5.41) is 3.53. The van der Waals surface area contributed by atoms with Gasteiger partial charge in [0.25, 0.3) is 0 Å². The molecule has 112 valence electrons. The van der Waals surface area contributed by atoms with Crippen LogP contribution in [0.4, 0.5) is 0 Å². The quantitative estimate of drug-likeness (QED) is 0.811. The van der Waals surface area contributed by atoms with Gasteiger partial charge in [-0.25, -0.2) is 0 Å². The lowest BCUT2D eigenvalue weighted by Crippen LogP contribution is -2.43. The van der Waals surface area contributed by atoms with Crippen molar-refractivity contribution < 1.29 is 4.79 Å².